The van der Waals surface area contributed by atoms with Gasteiger partial charge in [-0.3, -0.25) is 0 Å². The molecule has 3 nitrogen and oxygen atoms in total. The molecule has 0 aliphatic heterocycles. The molecule has 5 heteroatoms. The first-order valence-corrected chi connectivity index (χ1v) is 7.07. The molecule has 0 saturated heterocycles. The number of ether oxygens (including phenoxy) is 1. The number of nitrogens with zero attached hydrogens (tertiary/aromatic N) is 1. The lowest BCUT2D eigenvalue weighted by molar-refractivity contribution is 0.386. The van der Waals surface area contributed by atoms with Gasteiger partial charge in [0.25, 0.3) is 0 Å². The van der Waals surface area contributed by atoms with Gasteiger partial charge in [-0.1, -0.05) is 13.0 Å². The highest BCUT2D eigenvalue weighted by Crippen LogP contribution is 2.21. The Morgan fingerprint density at radius 3 is 2.89 bits per heavy atom. The minimum absolute atomic E-state index is 0.213. The summed E-state index contributed by atoms with van der Waals surface area (Å²) in [7, 11) is 1.46. The molecule has 0 radical (unpaired) electrons. The van der Waals surface area contributed by atoms with Gasteiger partial charge in [-0.05, 0) is 24.1 Å². The minimum Gasteiger partial charge on any atom is -0.494 e. The second-order valence-electron chi connectivity index (χ2n) is 4.18. The lowest BCUT2D eigenvalue weighted by atomic mass is 10.1. The summed E-state index contributed by atoms with van der Waals surface area (Å²) in [6, 6.07) is 5.23. The third-order valence-corrected chi connectivity index (χ3v) is 3.82. The molecule has 1 unspecified atom stereocenters. The van der Waals surface area contributed by atoms with Gasteiger partial charge in [-0.15, -0.1) is 11.3 Å². The molecule has 2 aromatic rings. The molecule has 1 aromatic heterocycles. The van der Waals surface area contributed by atoms with Gasteiger partial charge in [-0.25, -0.2) is 9.37 Å². The maximum Gasteiger partial charge on any atom is 0.165 e. The average Bonchev–Trinajstić information content (AvgIpc) is 2.94. The van der Waals surface area contributed by atoms with E-state index in [2.05, 4.69) is 17.2 Å². The van der Waals surface area contributed by atoms with Gasteiger partial charge in [0.15, 0.2) is 11.6 Å². The SMILES string of the molecule is CCC(NCc1ccc(OC)c(F)c1)c1nccs1. The molecule has 2 rings (SSSR count). The molecule has 0 fully saturated rings. The zero-order valence-electron chi connectivity index (χ0n) is 11.0. The summed E-state index contributed by atoms with van der Waals surface area (Å²) in [5.74, 6) is -0.0557. The fraction of sp³-hybridized carbons (Fsp3) is 0.357. The Kier molecular flexibility index (Phi) is 4.87. The molecule has 1 aromatic carbocycles. The Hall–Kier alpha value is -1.46. The maximum absolute atomic E-state index is 13.6. The first-order chi connectivity index (χ1) is 9.24. The summed E-state index contributed by atoms with van der Waals surface area (Å²) in [4.78, 5) is 4.31. The van der Waals surface area contributed by atoms with Crippen LogP contribution in [-0.4, -0.2) is 12.1 Å². The third-order valence-electron chi connectivity index (χ3n) is 2.93. The Morgan fingerprint density at radius 1 is 1.47 bits per heavy atom. The van der Waals surface area contributed by atoms with E-state index in [0.29, 0.717) is 6.54 Å². The van der Waals surface area contributed by atoms with E-state index in [1.54, 1.807) is 23.6 Å². The zero-order chi connectivity index (χ0) is 13.7. The molecule has 0 bridgehead atoms. The largest absolute Gasteiger partial charge is 0.494 e. The van der Waals surface area contributed by atoms with Crippen LogP contribution in [0, 0.1) is 5.82 Å². The molecule has 1 atom stereocenters. The van der Waals surface area contributed by atoms with Gasteiger partial charge < -0.3 is 10.1 Å². The average molecular weight is 280 g/mol. The van der Waals surface area contributed by atoms with E-state index in [-0.39, 0.29) is 17.6 Å². The van der Waals surface area contributed by atoms with Crippen molar-refractivity contribution in [1.29, 1.82) is 0 Å². The highest BCUT2D eigenvalue weighted by Gasteiger charge is 2.11. The maximum atomic E-state index is 13.6. The predicted molar refractivity (Wildman–Crippen MR) is 74.9 cm³/mol. The molecule has 19 heavy (non-hydrogen) atoms. The highest BCUT2D eigenvalue weighted by atomic mass is 32.1. The van der Waals surface area contributed by atoms with Crippen molar-refractivity contribution in [3.05, 3.63) is 46.2 Å². The molecule has 1 N–H and O–H groups in total. The van der Waals surface area contributed by atoms with Crippen LogP contribution in [0.5, 0.6) is 5.75 Å². The molecule has 1 heterocycles. The summed E-state index contributed by atoms with van der Waals surface area (Å²) in [5.41, 5.74) is 0.897. The number of aromatic nitrogens is 1. The Labute approximate surface area is 116 Å². The summed E-state index contributed by atoms with van der Waals surface area (Å²) in [6.07, 6.45) is 2.75. The molecule has 0 saturated carbocycles. The number of rotatable bonds is 6. The van der Waals surface area contributed by atoms with E-state index in [1.165, 1.54) is 13.2 Å². The monoisotopic (exact) mass is 280 g/mol. The number of methoxy groups -OCH3 is 1. The number of hydrogen-bond acceptors (Lipinski definition) is 4. The number of nitrogens with one attached hydrogen (secondary N) is 1. The molecular weight excluding hydrogens is 263 g/mol. The molecule has 0 aliphatic rings. The van der Waals surface area contributed by atoms with Crippen molar-refractivity contribution in [2.75, 3.05) is 7.11 Å². The summed E-state index contributed by atoms with van der Waals surface area (Å²) in [6.45, 7) is 2.71. The van der Waals surface area contributed by atoms with Crippen molar-refractivity contribution < 1.29 is 9.13 Å². The lowest BCUT2D eigenvalue weighted by Gasteiger charge is -2.14. The van der Waals surface area contributed by atoms with E-state index >= 15 is 0 Å². The summed E-state index contributed by atoms with van der Waals surface area (Å²) in [5, 5.41) is 6.42. The van der Waals surface area contributed by atoms with E-state index in [0.717, 1.165) is 17.0 Å². The van der Waals surface area contributed by atoms with Gasteiger partial charge >= 0.3 is 0 Å². The normalized spacial score (nSPS) is 12.4. The fourth-order valence-electron chi connectivity index (χ4n) is 1.87. The second kappa shape index (κ2) is 6.63. The van der Waals surface area contributed by atoms with Crippen molar-refractivity contribution in [2.24, 2.45) is 0 Å². The van der Waals surface area contributed by atoms with Crippen LogP contribution in [0.3, 0.4) is 0 Å². The van der Waals surface area contributed by atoms with Crippen LogP contribution in [0.1, 0.15) is 30.0 Å². The number of halogens is 1. The number of benzene rings is 1. The van der Waals surface area contributed by atoms with Gasteiger partial charge in [0.2, 0.25) is 0 Å². The Morgan fingerprint density at radius 2 is 2.32 bits per heavy atom. The van der Waals surface area contributed by atoms with Gasteiger partial charge in [0.05, 0.1) is 13.2 Å². The Bertz CT molecular complexity index is 516. The van der Waals surface area contributed by atoms with Crippen molar-refractivity contribution >= 4 is 11.3 Å². The van der Waals surface area contributed by atoms with Gasteiger partial charge in [0, 0.05) is 18.1 Å². The second-order valence-corrected chi connectivity index (χ2v) is 5.11. The predicted octanol–water partition coefficient (Wildman–Crippen LogP) is 3.53. The smallest absolute Gasteiger partial charge is 0.165 e. The molecule has 0 spiro atoms. The lowest BCUT2D eigenvalue weighted by Crippen LogP contribution is -2.20. The topological polar surface area (TPSA) is 34.1 Å². The van der Waals surface area contributed by atoms with Crippen LogP contribution >= 0.6 is 11.3 Å². The van der Waals surface area contributed by atoms with Crippen molar-refractivity contribution in [3.8, 4) is 5.75 Å². The van der Waals surface area contributed by atoms with Crippen molar-refractivity contribution in [1.82, 2.24) is 10.3 Å². The van der Waals surface area contributed by atoms with Crippen LogP contribution in [0.2, 0.25) is 0 Å². The van der Waals surface area contributed by atoms with Crippen LogP contribution in [0.15, 0.2) is 29.8 Å². The summed E-state index contributed by atoms with van der Waals surface area (Å²) >= 11 is 1.63. The van der Waals surface area contributed by atoms with Crippen molar-refractivity contribution in [2.45, 2.75) is 25.9 Å². The fourth-order valence-corrected chi connectivity index (χ4v) is 2.67. The zero-order valence-corrected chi connectivity index (χ0v) is 11.8. The first-order valence-electron chi connectivity index (χ1n) is 6.19. The van der Waals surface area contributed by atoms with Crippen LogP contribution in [0.4, 0.5) is 4.39 Å². The standard InChI is InChI=1S/C14H17FN2OS/c1-3-12(14-16-6-7-19-14)17-9-10-4-5-13(18-2)11(15)8-10/h4-8,12,17H,3,9H2,1-2H3. The van der Waals surface area contributed by atoms with Gasteiger partial charge in [0.1, 0.15) is 5.01 Å². The first kappa shape index (κ1) is 14.0. The Balaban J connectivity index is 1.99. The third kappa shape index (κ3) is 3.52. The highest BCUT2D eigenvalue weighted by molar-refractivity contribution is 7.09. The molecule has 0 amide bonds. The van der Waals surface area contributed by atoms with Crippen molar-refractivity contribution in [3.63, 3.8) is 0 Å². The molecule has 102 valence electrons. The van der Waals surface area contributed by atoms with Crippen LogP contribution in [0.25, 0.3) is 0 Å². The summed E-state index contributed by atoms with van der Waals surface area (Å²) < 4.78 is 18.5. The number of hydrogen-bond donors (Lipinski definition) is 1. The quantitative estimate of drug-likeness (QED) is 0.879. The van der Waals surface area contributed by atoms with E-state index in [9.17, 15) is 4.39 Å². The minimum atomic E-state index is -0.330. The number of thiazole rings is 1. The van der Waals surface area contributed by atoms with Gasteiger partial charge in [-0.2, -0.15) is 0 Å². The van der Waals surface area contributed by atoms with Crippen LogP contribution < -0.4 is 10.1 Å². The van der Waals surface area contributed by atoms with E-state index in [4.69, 9.17) is 4.74 Å². The molecule has 0 aliphatic carbocycles. The van der Waals surface area contributed by atoms with E-state index < -0.39 is 0 Å². The molecular formula is C14H17FN2OS. The van der Waals surface area contributed by atoms with Crippen LogP contribution in [-0.2, 0) is 6.54 Å². The van der Waals surface area contributed by atoms with E-state index in [1.807, 2.05) is 11.4 Å².